The van der Waals surface area contributed by atoms with Gasteiger partial charge in [-0.25, -0.2) is 0 Å². The van der Waals surface area contributed by atoms with Gasteiger partial charge in [-0.2, -0.15) is 0 Å². The van der Waals surface area contributed by atoms with Gasteiger partial charge in [0.1, 0.15) is 0 Å². The van der Waals surface area contributed by atoms with Crippen molar-refractivity contribution in [1.82, 2.24) is 10.6 Å². The minimum Gasteiger partial charge on any atom is -0.329 e. The maximum atomic E-state index is 5.30. The Morgan fingerprint density at radius 2 is 1.17 bits per heavy atom. The van der Waals surface area contributed by atoms with E-state index >= 15 is 0 Å². The summed E-state index contributed by atoms with van der Waals surface area (Å²) in [5, 5.41) is 6.43. The fourth-order valence-electron chi connectivity index (χ4n) is 0.793. The first-order valence-electron chi connectivity index (χ1n) is 4.23. The van der Waals surface area contributed by atoms with Crippen LogP contribution in [0, 0.1) is 0 Å². The second-order valence-corrected chi connectivity index (χ2v) is 2.43. The molecule has 0 aromatic rings. The summed E-state index contributed by atoms with van der Waals surface area (Å²) in [4.78, 5) is 0. The average molecular weight is 224 g/mol. The van der Waals surface area contributed by atoms with E-state index in [2.05, 4.69) is 10.6 Å². The van der Waals surface area contributed by atoms with Gasteiger partial charge in [0.05, 0.1) is 0 Å². The second kappa shape index (κ2) is 13.9. The summed E-state index contributed by atoms with van der Waals surface area (Å²) in [6.45, 7) is 5.34. The monoisotopic (exact) mass is 223 g/mol. The zero-order valence-electron chi connectivity index (χ0n) is 7.41. The molecule has 0 amide bonds. The molecule has 0 saturated heterocycles. The van der Waals surface area contributed by atoms with Crippen LogP contribution in [0.15, 0.2) is 0 Å². The van der Waals surface area contributed by atoms with Gasteiger partial charge in [-0.1, -0.05) is 0 Å². The van der Waals surface area contributed by atoms with Crippen molar-refractivity contribution in [2.75, 3.05) is 39.3 Å². The van der Waals surface area contributed by atoms with Crippen LogP contribution in [-0.4, -0.2) is 39.3 Å². The van der Waals surface area contributed by atoms with Crippen LogP contribution in [0.3, 0.4) is 0 Å². The number of hydrogen-bond acceptors (Lipinski definition) is 4. The molecule has 0 fully saturated rings. The van der Waals surface area contributed by atoms with E-state index in [0.717, 1.165) is 45.7 Å². The van der Waals surface area contributed by atoms with Gasteiger partial charge in [-0.3, -0.25) is 0 Å². The second-order valence-electron chi connectivity index (χ2n) is 2.43. The smallest absolute Gasteiger partial charge is 0.329 e. The molecule has 0 aliphatic carbocycles. The molecule has 0 rings (SSSR count). The van der Waals surface area contributed by atoms with Crippen molar-refractivity contribution < 1.29 is 17.1 Å². The third-order valence-electron chi connectivity index (χ3n) is 1.35. The first-order chi connectivity index (χ1) is 5.41. The molecule has 0 saturated carbocycles. The summed E-state index contributed by atoms with van der Waals surface area (Å²) < 4.78 is 0. The van der Waals surface area contributed by atoms with Crippen molar-refractivity contribution in [3.8, 4) is 0 Å². The summed E-state index contributed by atoms with van der Waals surface area (Å²) in [6.07, 6.45) is 1.14. The van der Waals surface area contributed by atoms with Crippen molar-refractivity contribution in [3.63, 3.8) is 0 Å². The molecule has 0 atom stereocenters. The zero-order chi connectivity index (χ0) is 8.36. The van der Waals surface area contributed by atoms with E-state index < -0.39 is 0 Å². The zero-order valence-corrected chi connectivity index (χ0v) is 8.35. The van der Waals surface area contributed by atoms with Crippen molar-refractivity contribution in [2.45, 2.75) is 6.42 Å². The van der Waals surface area contributed by atoms with Gasteiger partial charge in [0.2, 0.25) is 0 Å². The summed E-state index contributed by atoms with van der Waals surface area (Å²) in [5.41, 5.74) is 10.6. The molecule has 77 valence electrons. The Hall–Kier alpha value is 0.359. The number of hydrogen-bond donors (Lipinski definition) is 4. The van der Waals surface area contributed by atoms with Crippen molar-refractivity contribution >= 4 is 0 Å². The fourth-order valence-corrected chi connectivity index (χ4v) is 0.793. The molecule has 4 nitrogen and oxygen atoms in total. The minimum absolute atomic E-state index is 0. The first-order valence-corrected chi connectivity index (χ1v) is 4.23. The average Bonchev–Trinajstić information content (AvgIpc) is 2.03. The van der Waals surface area contributed by atoms with Gasteiger partial charge in [-0.05, 0) is 19.5 Å². The Kier molecular flexibility index (Phi) is 17.2. The number of rotatable bonds is 8. The van der Waals surface area contributed by atoms with Gasteiger partial charge < -0.3 is 22.1 Å². The van der Waals surface area contributed by atoms with Gasteiger partial charge >= 0.3 is 17.1 Å². The molecule has 12 heavy (non-hydrogen) atoms. The molecule has 0 unspecified atom stereocenters. The third kappa shape index (κ3) is 13.0. The Morgan fingerprint density at radius 1 is 0.750 bits per heavy atom. The molecule has 0 aromatic heterocycles. The Labute approximate surface area is 85.3 Å². The molecule has 5 heteroatoms. The maximum absolute atomic E-state index is 5.30. The van der Waals surface area contributed by atoms with Crippen molar-refractivity contribution in [1.29, 1.82) is 0 Å². The molecule has 0 bridgehead atoms. The minimum atomic E-state index is 0. The van der Waals surface area contributed by atoms with Gasteiger partial charge in [0, 0.05) is 26.2 Å². The molecular weight excluding hydrogens is 204 g/mol. The molecule has 1 radical (unpaired) electrons. The molecule has 0 spiro atoms. The van der Waals surface area contributed by atoms with E-state index in [9.17, 15) is 0 Å². The molecule has 0 aliphatic heterocycles. The first kappa shape index (κ1) is 14.9. The Bertz CT molecular complexity index is 64.4. The molecule has 0 heterocycles. The summed E-state index contributed by atoms with van der Waals surface area (Å²) >= 11 is 0. The summed E-state index contributed by atoms with van der Waals surface area (Å²) in [7, 11) is 0. The van der Waals surface area contributed by atoms with Crippen LogP contribution in [0.2, 0.25) is 0 Å². The summed E-state index contributed by atoms with van der Waals surface area (Å²) in [6, 6.07) is 0. The normalized spacial score (nSPS) is 9.50. The quantitative estimate of drug-likeness (QED) is 0.298. The Balaban J connectivity index is 0. The largest absolute Gasteiger partial charge is 2.00 e. The predicted octanol–water partition coefficient (Wildman–Crippen LogP) is -1.53. The van der Waals surface area contributed by atoms with Gasteiger partial charge in [0.15, 0.2) is 0 Å². The van der Waals surface area contributed by atoms with Crippen LogP contribution >= 0.6 is 0 Å². The van der Waals surface area contributed by atoms with Crippen molar-refractivity contribution in [3.05, 3.63) is 0 Å². The van der Waals surface area contributed by atoms with E-state index in [-0.39, 0.29) is 17.1 Å². The van der Waals surface area contributed by atoms with Gasteiger partial charge in [0.25, 0.3) is 0 Å². The van der Waals surface area contributed by atoms with Crippen LogP contribution in [-0.2, 0) is 17.1 Å². The summed E-state index contributed by atoms with van der Waals surface area (Å²) in [5.74, 6) is 0. The molecule has 0 aromatic carbocycles. The number of nitrogens with two attached hydrogens (primary N) is 2. The SMILES string of the molecule is NCCNCCCNCCN.[Cu+2]. The van der Waals surface area contributed by atoms with Crippen LogP contribution in [0.4, 0.5) is 0 Å². The molecule has 6 N–H and O–H groups in total. The van der Waals surface area contributed by atoms with Crippen LogP contribution < -0.4 is 22.1 Å². The third-order valence-corrected chi connectivity index (χ3v) is 1.35. The van der Waals surface area contributed by atoms with Crippen molar-refractivity contribution in [2.24, 2.45) is 11.5 Å². The van der Waals surface area contributed by atoms with E-state index in [0.29, 0.717) is 0 Å². The van der Waals surface area contributed by atoms with E-state index in [4.69, 9.17) is 11.5 Å². The maximum Gasteiger partial charge on any atom is 2.00 e. The Morgan fingerprint density at radius 3 is 1.50 bits per heavy atom. The van der Waals surface area contributed by atoms with E-state index in [1.54, 1.807) is 0 Å². The molecule has 0 aliphatic rings. The van der Waals surface area contributed by atoms with E-state index in [1.165, 1.54) is 0 Å². The van der Waals surface area contributed by atoms with Crippen LogP contribution in [0.25, 0.3) is 0 Å². The topological polar surface area (TPSA) is 76.1 Å². The van der Waals surface area contributed by atoms with Crippen LogP contribution in [0.1, 0.15) is 6.42 Å². The fraction of sp³-hybridized carbons (Fsp3) is 1.00. The molecular formula is C7H20CuN4+2. The predicted molar refractivity (Wildman–Crippen MR) is 48.5 cm³/mol. The van der Waals surface area contributed by atoms with Crippen LogP contribution in [0.5, 0.6) is 0 Å². The number of nitrogens with one attached hydrogen (secondary N) is 2. The van der Waals surface area contributed by atoms with Gasteiger partial charge in [-0.15, -0.1) is 0 Å². The standard InChI is InChI=1S/C7H20N4.Cu/c8-2-6-10-4-1-5-11-7-3-9;/h10-11H,1-9H2;/q;+2. The van der Waals surface area contributed by atoms with E-state index in [1.807, 2.05) is 0 Å².